The Balaban J connectivity index is 1.43. The molecule has 0 aliphatic carbocycles. The monoisotopic (exact) mass is 478 g/mol. The molecule has 1 saturated heterocycles. The number of fused-ring (bicyclic) bond motifs is 3. The molecule has 4 atom stereocenters. The number of aliphatic carboxylic acids is 1. The van der Waals surface area contributed by atoms with Crippen molar-refractivity contribution in [2.24, 2.45) is 11.8 Å². The van der Waals surface area contributed by atoms with Crippen molar-refractivity contribution < 1.29 is 33.2 Å². The quantitative estimate of drug-likeness (QED) is 0.467. The summed E-state index contributed by atoms with van der Waals surface area (Å²) >= 11 is 0. The van der Waals surface area contributed by atoms with E-state index in [9.17, 15) is 14.3 Å². The van der Waals surface area contributed by atoms with Gasteiger partial charge in [0.25, 0.3) is 0 Å². The normalized spacial score (nSPS) is 24.4. The average molecular weight is 479 g/mol. The van der Waals surface area contributed by atoms with Crippen molar-refractivity contribution in [3.63, 3.8) is 0 Å². The minimum Gasteiger partial charge on any atom is -0.491 e. The van der Waals surface area contributed by atoms with Crippen LogP contribution in [0.25, 0.3) is 0 Å². The fourth-order valence-corrected chi connectivity index (χ4v) is 4.88. The van der Waals surface area contributed by atoms with Crippen molar-refractivity contribution in [1.29, 1.82) is 0 Å². The lowest BCUT2D eigenvalue weighted by molar-refractivity contribution is -0.192. The number of carbonyl (C=O) groups is 1. The average Bonchev–Trinajstić information content (AvgIpc) is 2.84. The topological polar surface area (TPSA) is 74.2 Å². The van der Waals surface area contributed by atoms with Crippen LogP contribution in [0.15, 0.2) is 72.8 Å². The van der Waals surface area contributed by atoms with Crippen molar-refractivity contribution in [2.75, 3.05) is 6.61 Å². The van der Waals surface area contributed by atoms with Gasteiger partial charge < -0.3 is 24.1 Å². The Kier molecular flexibility index (Phi) is 6.11. The van der Waals surface area contributed by atoms with Crippen molar-refractivity contribution in [3.05, 3.63) is 84.2 Å². The molecular weight excluding hydrogens is 451 g/mol. The molecular formula is C28H27FO6. The molecule has 0 spiro atoms. The molecule has 0 radical (unpaired) electrons. The molecule has 2 heterocycles. The first-order chi connectivity index (χ1) is 16.8. The van der Waals surface area contributed by atoms with Crippen LogP contribution in [-0.4, -0.2) is 29.4 Å². The van der Waals surface area contributed by atoms with Gasteiger partial charge in [0.2, 0.25) is 0 Å². The highest BCUT2D eigenvalue weighted by Crippen LogP contribution is 2.52. The summed E-state index contributed by atoms with van der Waals surface area (Å²) < 4.78 is 37.8. The third-order valence-corrected chi connectivity index (χ3v) is 6.72. The summed E-state index contributed by atoms with van der Waals surface area (Å²) in [5.74, 6) is 0.208. The molecule has 5 rings (SSSR count). The standard InChI is InChI=1S/C28H27FO6/c1-28(2)23-15-22(27(30)31)25(16-32-18-10-8-17(29)9-11-18)34-26(23)21-14-20(12-13-24(21)35-28)33-19-6-4-3-5-7-19/h3-14,22-23,25-26H,15-16H2,1-2H3,(H,30,31)/t22-,23+,25+,26-/m1/s1. The number of carboxylic acids is 1. The van der Waals surface area contributed by atoms with Crippen molar-refractivity contribution in [1.82, 2.24) is 0 Å². The van der Waals surface area contributed by atoms with Crippen LogP contribution in [0.1, 0.15) is 31.9 Å². The summed E-state index contributed by atoms with van der Waals surface area (Å²) in [6.45, 7) is 3.95. The summed E-state index contributed by atoms with van der Waals surface area (Å²) in [6, 6.07) is 20.7. The first-order valence-electron chi connectivity index (χ1n) is 11.6. The zero-order valence-electron chi connectivity index (χ0n) is 19.5. The van der Waals surface area contributed by atoms with E-state index in [1.807, 2.05) is 62.4 Å². The molecule has 2 aliphatic rings. The van der Waals surface area contributed by atoms with E-state index in [1.165, 1.54) is 24.3 Å². The van der Waals surface area contributed by atoms with Gasteiger partial charge in [-0.05, 0) is 74.9 Å². The maximum atomic E-state index is 13.2. The number of rotatable bonds is 6. The molecule has 0 aromatic heterocycles. The second-order valence-corrected chi connectivity index (χ2v) is 9.47. The first kappa shape index (κ1) is 23.2. The highest BCUT2D eigenvalue weighted by molar-refractivity contribution is 5.71. The maximum Gasteiger partial charge on any atom is 0.309 e. The van der Waals surface area contributed by atoms with E-state index in [-0.39, 0.29) is 18.3 Å². The van der Waals surface area contributed by atoms with E-state index in [0.717, 1.165) is 5.56 Å². The van der Waals surface area contributed by atoms with E-state index >= 15 is 0 Å². The van der Waals surface area contributed by atoms with Gasteiger partial charge in [0.05, 0.1) is 12.0 Å². The van der Waals surface area contributed by atoms with Crippen LogP contribution in [0.5, 0.6) is 23.0 Å². The molecule has 7 heteroatoms. The SMILES string of the molecule is CC1(C)Oc2ccc(Oc3ccccc3)cc2[C@H]2O[C@@H](COc3ccc(F)cc3)[C@H](C(=O)O)C[C@@H]21. The summed E-state index contributed by atoms with van der Waals surface area (Å²) in [4.78, 5) is 12.2. The lowest BCUT2D eigenvalue weighted by Crippen LogP contribution is -2.53. The van der Waals surface area contributed by atoms with Gasteiger partial charge in [-0.1, -0.05) is 18.2 Å². The van der Waals surface area contributed by atoms with E-state index < -0.39 is 29.7 Å². The zero-order valence-corrected chi connectivity index (χ0v) is 19.5. The summed E-state index contributed by atoms with van der Waals surface area (Å²) in [5.41, 5.74) is 0.189. The van der Waals surface area contributed by atoms with Crippen molar-refractivity contribution in [3.8, 4) is 23.0 Å². The Hall–Kier alpha value is -3.58. The highest BCUT2D eigenvalue weighted by Gasteiger charge is 2.52. The van der Waals surface area contributed by atoms with Gasteiger partial charge in [0.1, 0.15) is 47.1 Å². The van der Waals surface area contributed by atoms with Crippen molar-refractivity contribution in [2.45, 2.75) is 38.1 Å². The maximum absolute atomic E-state index is 13.2. The van der Waals surface area contributed by atoms with Crippen LogP contribution in [0.3, 0.4) is 0 Å². The van der Waals surface area contributed by atoms with Crippen LogP contribution in [-0.2, 0) is 9.53 Å². The second-order valence-electron chi connectivity index (χ2n) is 9.47. The van der Waals surface area contributed by atoms with Gasteiger partial charge in [-0.2, -0.15) is 0 Å². The molecule has 1 N–H and O–H groups in total. The third-order valence-electron chi connectivity index (χ3n) is 6.72. The Labute approximate surface area is 203 Å². The molecule has 2 aliphatic heterocycles. The molecule has 182 valence electrons. The summed E-state index contributed by atoms with van der Waals surface area (Å²) in [5, 5.41) is 9.96. The zero-order chi connectivity index (χ0) is 24.6. The Morgan fingerprint density at radius 3 is 2.46 bits per heavy atom. The van der Waals surface area contributed by atoms with Crippen LogP contribution in [0.4, 0.5) is 4.39 Å². The van der Waals surface area contributed by atoms with Crippen LogP contribution >= 0.6 is 0 Å². The minimum atomic E-state index is -0.945. The van der Waals surface area contributed by atoms with Gasteiger partial charge in [0.15, 0.2) is 0 Å². The fourth-order valence-electron chi connectivity index (χ4n) is 4.88. The largest absolute Gasteiger partial charge is 0.491 e. The number of ether oxygens (including phenoxy) is 4. The van der Waals surface area contributed by atoms with E-state index in [0.29, 0.717) is 29.4 Å². The van der Waals surface area contributed by atoms with Gasteiger partial charge in [-0.3, -0.25) is 4.79 Å². The molecule has 0 unspecified atom stereocenters. The molecule has 6 nitrogen and oxygen atoms in total. The second kappa shape index (κ2) is 9.23. The number of hydrogen-bond donors (Lipinski definition) is 1. The lowest BCUT2D eigenvalue weighted by Gasteiger charge is -2.50. The van der Waals surface area contributed by atoms with Gasteiger partial charge >= 0.3 is 5.97 Å². The van der Waals surface area contributed by atoms with Crippen LogP contribution in [0, 0.1) is 17.7 Å². The van der Waals surface area contributed by atoms with Gasteiger partial charge in [-0.15, -0.1) is 0 Å². The number of hydrogen-bond acceptors (Lipinski definition) is 5. The summed E-state index contributed by atoms with van der Waals surface area (Å²) in [6.07, 6.45) is -0.724. The number of carboxylic acid groups (broad SMARTS) is 1. The van der Waals surface area contributed by atoms with Crippen molar-refractivity contribution >= 4 is 5.97 Å². The number of halogens is 1. The number of para-hydroxylation sites is 1. The van der Waals surface area contributed by atoms with Crippen LogP contribution in [0.2, 0.25) is 0 Å². The molecule has 0 amide bonds. The third kappa shape index (κ3) is 4.82. The molecule has 3 aromatic rings. The molecule has 1 fully saturated rings. The lowest BCUT2D eigenvalue weighted by atomic mass is 9.72. The molecule has 0 bridgehead atoms. The van der Waals surface area contributed by atoms with E-state index in [2.05, 4.69) is 0 Å². The van der Waals surface area contributed by atoms with Gasteiger partial charge in [0, 0.05) is 11.5 Å². The predicted octanol–water partition coefficient (Wildman–Crippen LogP) is 6.02. The van der Waals surface area contributed by atoms with E-state index in [1.54, 1.807) is 0 Å². The smallest absolute Gasteiger partial charge is 0.309 e. The first-order valence-corrected chi connectivity index (χ1v) is 11.6. The Morgan fingerprint density at radius 2 is 1.74 bits per heavy atom. The molecule has 35 heavy (non-hydrogen) atoms. The Morgan fingerprint density at radius 1 is 1.03 bits per heavy atom. The van der Waals surface area contributed by atoms with Crippen LogP contribution < -0.4 is 14.2 Å². The fraction of sp³-hybridized carbons (Fsp3) is 0.321. The molecule has 0 saturated carbocycles. The minimum absolute atomic E-state index is 0.0304. The highest BCUT2D eigenvalue weighted by atomic mass is 19.1. The predicted molar refractivity (Wildman–Crippen MR) is 126 cm³/mol. The Bertz CT molecular complexity index is 1190. The summed E-state index contributed by atoms with van der Waals surface area (Å²) in [7, 11) is 0. The van der Waals surface area contributed by atoms with Gasteiger partial charge in [-0.25, -0.2) is 4.39 Å². The number of benzene rings is 3. The molecule has 3 aromatic carbocycles. The van der Waals surface area contributed by atoms with E-state index in [4.69, 9.17) is 18.9 Å².